The number of fused-ring (bicyclic) bond motifs is 1. The molecule has 0 spiro atoms. The van der Waals surface area contributed by atoms with Gasteiger partial charge in [0.05, 0.1) is 29.2 Å². The summed E-state index contributed by atoms with van der Waals surface area (Å²) in [7, 11) is 1.68. The molecule has 0 aliphatic rings. The van der Waals surface area contributed by atoms with E-state index in [2.05, 4.69) is 44.3 Å². The number of aromatic nitrogens is 4. The van der Waals surface area contributed by atoms with E-state index in [9.17, 15) is 0 Å². The van der Waals surface area contributed by atoms with Gasteiger partial charge in [0.25, 0.3) is 0 Å². The van der Waals surface area contributed by atoms with Gasteiger partial charge in [0, 0.05) is 24.2 Å². The molecule has 0 saturated carbocycles. The average Bonchev–Trinajstić information content (AvgIpc) is 3.09. The van der Waals surface area contributed by atoms with Crippen LogP contribution in [0.25, 0.3) is 21.3 Å². The van der Waals surface area contributed by atoms with E-state index in [1.165, 1.54) is 0 Å². The van der Waals surface area contributed by atoms with E-state index in [-0.39, 0.29) is 0 Å². The second-order valence-corrected chi connectivity index (χ2v) is 6.67. The summed E-state index contributed by atoms with van der Waals surface area (Å²) < 4.78 is 6.55. The van der Waals surface area contributed by atoms with E-state index in [0.29, 0.717) is 5.82 Å². The maximum absolute atomic E-state index is 5.46. The van der Waals surface area contributed by atoms with E-state index in [0.717, 1.165) is 44.3 Å². The maximum Gasteiger partial charge on any atom is 0.189 e. The van der Waals surface area contributed by atoms with Crippen molar-refractivity contribution in [2.45, 2.75) is 13.3 Å². The second kappa shape index (κ2) is 7.05. The minimum Gasteiger partial charge on any atom is -0.495 e. The molecule has 3 heterocycles. The van der Waals surface area contributed by atoms with Crippen LogP contribution in [0, 0.1) is 0 Å². The predicted molar refractivity (Wildman–Crippen MR) is 104 cm³/mol. The molecule has 0 fully saturated rings. The van der Waals surface area contributed by atoms with Crippen molar-refractivity contribution in [3.05, 3.63) is 54.7 Å². The quantitative estimate of drug-likeness (QED) is 0.564. The van der Waals surface area contributed by atoms with Crippen molar-refractivity contribution in [1.29, 1.82) is 0 Å². The van der Waals surface area contributed by atoms with Crippen LogP contribution >= 0.6 is 11.3 Å². The van der Waals surface area contributed by atoms with Gasteiger partial charge in [-0.3, -0.25) is 9.97 Å². The van der Waals surface area contributed by atoms with Crippen LogP contribution in [-0.4, -0.2) is 27.0 Å². The Morgan fingerprint density at radius 1 is 1.08 bits per heavy atom. The van der Waals surface area contributed by atoms with Gasteiger partial charge in [-0.15, -0.1) is 0 Å². The van der Waals surface area contributed by atoms with Gasteiger partial charge in [0.2, 0.25) is 0 Å². The van der Waals surface area contributed by atoms with Gasteiger partial charge in [0.15, 0.2) is 10.9 Å². The summed E-state index contributed by atoms with van der Waals surface area (Å²) in [6.07, 6.45) is 7.69. The Labute approximate surface area is 155 Å². The number of rotatable bonds is 5. The molecule has 0 saturated heterocycles. The lowest BCUT2D eigenvalue weighted by Crippen LogP contribution is -1.94. The fourth-order valence-corrected chi connectivity index (χ4v) is 3.62. The molecule has 26 heavy (non-hydrogen) atoms. The van der Waals surface area contributed by atoms with Crippen molar-refractivity contribution < 1.29 is 4.74 Å². The monoisotopic (exact) mass is 363 g/mol. The third-order valence-corrected chi connectivity index (χ3v) is 4.94. The lowest BCUT2D eigenvalue weighted by molar-refractivity contribution is 0.407. The molecule has 1 aromatic carbocycles. The first-order valence-corrected chi connectivity index (χ1v) is 9.05. The number of hydrogen-bond acceptors (Lipinski definition) is 7. The molecule has 4 rings (SSSR count). The van der Waals surface area contributed by atoms with Crippen LogP contribution in [0.5, 0.6) is 5.75 Å². The third kappa shape index (κ3) is 3.21. The molecule has 130 valence electrons. The van der Waals surface area contributed by atoms with Crippen LogP contribution in [-0.2, 0) is 6.42 Å². The van der Waals surface area contributed by atoms with Crippen LogP contribution in [0.1, 0.15) is 12.6 Å². The smallest absolute Gasteiger partial charge is 0.189 e. The number of thiazole rings is 1. The average molecular weight is 363 g/mol. The fraction of sp³-hybridized carbons (Fsp3) is 0.158. The van der Waals surface area contributed by atoms with Crippen LogP contribution in [0.3, 0.4) is 0 Å². The zero-order valence-electron chi connectivity index (χ0n) is 14.4. The number of anilines is 2. The van der Waals surface area contributed by atoms with E-state index >= 15 is 0 Å². The normalized spacial score (nSPS) is 10.8. The molecular weight excluding hydrogens is 346 g/mol. The van der Waals surface area contributed by atoms with Crippen LogP contribution < -0.4 is 10.1 Å². The van der Waals surface area contributed by atoms with Gasteiger partial charge >= 0.3 is 0 Å². The highest BCUT2D eigenvalue weighted by molar-refractivity contribution is 7.22. The molecule has 0 aliphatic heterocycles. The van der Waals surface area contributed by atoms with Crippen molar-refractivity contribution in [2.24, 2.45) is 0 Å². The van der Waals surface area contributed by atoms with Crippen molar-refractivity contribution in [3.63, 3.8) is 0 Å². The maximum atomic E-state index is 5.46. The lowest BCUT2D eigenvalue weighted by atomic mass is 10.1. The molecule has 4 aromatic rings. The van der Waals surface area contributed by atoms with E-state index in [1.807, 2.05) is 18.3 Å². The molecule has 3 aromatic heterocycles. The molecule has 0 atom stereocenters. The number of methoxy groups -OCH3 is 1. The van der Waals surface area contributed by atoms with Crippen LogP contribution in [0.4, 0.5) is 10.9 Å². The topological polar surface area (TPSA) is 72.8 Å². The van der Waals surface area contributed by atoms with Gasteiger partial charge < -0.3 is 10.1 Å². The molecule has 0 radical (unpaired) electrons. The summed E-state index contributed by atoms with van der Waals surface area (Å²) in [4.78, 5) is 17.4. The minimum absolute atomic E-state index is 0.677. The van der Waals surface area contributed by atoms with Crippen molar-refractivity contribution in [1.82, 2.24) is 19.9 Å². The minimum atomic E-state index is 0.677. The summed E-state index contributed by atoms with van der Waals surface area (Å²) in [5.41, 5.74) is 4.01. The number of benzene rings is 1. The summed E-state index contributed by atoms with van der Waals surface area (Å²) >= 11 is 1.58. The number of hydrogen-bond donors (Lipinski definition) is 1. The standard InChI is InChI=1S/C19H17N5OS/c1-3-14-16(25-2)8-13(10-22-14)12-4-5-15-17(9-12)26-19(23-15)24-18-11-20-6-7-21-18/h4-11H,3H2,1-2H3,(H,21,23,24). The Hall–Kier alpha value is -3.06. The highest BCUT2D eigenvalue weighted by Crippen LogP contribution is 2.32. The highest BCUT2D eigenvalue weighted by atomic mass is 32.1. The molecule has 0 amide bonds. The van der Waals surface area contributed by atoms with E-state index in [4.69, 9.17) is 4.74 Å². The molecule has 0 aliphatic carbocycles. The first kappa shape index (κ1) is 16.4. The summed E-state index contributed by atoms with van der Waals surface area (Å²) in [5.74, 6) is 1.50. The number of pyridine rings is 1. The zero-order chi connectivity index (χ0) is 17.9. The highest BCUT2D eigenvalue weighted by Gasteiger charge is 2.09. The second-order valence-electron chi connectivity index (χ2n) is 5.64. The van der Waals surface area contributed by atoms with Crippen LogP contribution in [0.15, 0.2) is 49.1 Å². The van der Waals surface area contributed by atoms with Gasteiger partial charge in [-0.2, -0.15) is 0 Å². The molecule has 7 heteroatoms. The molecule has 0 bridgehead atoms. The number of nitrogens with zero attached hydrogens (tertiary/aromatic N) is 4. The van der Waals surface area contributed by atoms with E-state index in [1.54, 1.807) is 37.0 Å². The van der Waals surface area contributed by atoms with Crippen molar-refractivity contribution >= 4 is 32.5 Å². The Morgan fingerprint density at radius 3 is 2.77 bits per heavy atom. The molecule has 6 nitrogen and oxygen atoms in total. The Balaban J connectivity index is 1.67. The van der Waals surface area contributed by atoms with Gasteiger partial charge in [-0.05, 0) is 30.2 Å². The number of ether oxygens (including phenoxy) is 1. The van der Waals surface area contributed by atoms with E-state index < -0.39 is 0 Å². The summed E-state index contributed by atoms with van der Waals surface area (Å²) in [5, 5.41) is 3.97. The number of aryl methyl sites for hydroxylation is 1. The first-order valence-electron chi connectivity index (χ1n) is 8.23. The van der Waals surface area contributed by atoms with Gasteiger partial charge in [-0.1, -0.05) is 24.3 Å². The Morgan fingerprint density at radius 2 is 2.00 bits per heavy atom. The van der Waals surface area contributed by atoms with Gasteiger partial charge in [0.1, 0.15) is 5.75 Å². The predicted octanol–water partition coefficient (Wildman–Crippen LogP) is 4.46. The SMILES string of the molecule is CCc1ncc(-c2ccc3nc(Nc4cnccn4)sc3c2)cc1OC. The Bertz CT molecular complexity index is 1050. The molecular formula is C19H17N5OS. The fourth-order valence-electron chi connectivity index (χ4n) is 2.70. The third-order valence-electron chi connectivity index (χ3n) is 4.01. The molecule has 0 unspecified atom stereocenters. The van der Waals surface area contributed by atoms with Crippen molar-refractivity contribution in [2.75, 3.05) is 12.4 Å². The zero-order valence-corrected chi connectivity index (χ0v) is 15.2. The first-order chi connectivity index (χ1) is 12.8. The van der Waals surface area contributed by atoms with Gasteiger partial charge in [-0.25, -0.2) is 9.97 Å². The lowest BCUT2D eigenvalue weighted by Gasteiger charge is -2.08. The summed E-state index contributed by atoms with van der Waals surface area (Å²) in [6.45, 7) is 2.07. The number of nitrogens with one attached hydrogen (secondary N) is 1. The Kier molecular flexibility index (Phi) is 4.45. The molecule has 1 N–H and O–H groups in total. The largest absolute Gasteiger partial charge is 0.495 e. The summed E-state index contributed by atoms with van der Waals surface area (Å²) in [6, 6.07) is 8.23. The van der Waals surface area contributed by atoms with Crippen molar-refractivity contribution in [3.8, 4) is 16.9 Å². The van der Waals surface area contributed by atoms with Crippen LogP contribution in [0.2, 0.25) is 0 Å².